The Labute approximate surface area is 118 Å². The number of hydrogen-bond donors (Lipinski definition) is 0. The van der Waals surface area contributed by atoms with E-state index >= 15 is 0 Å². The highest BCUT2D eigenvalue weighted by atomic mass is 14.8. The minimum absolute atomic E-state index is 1.07. The molecule has 0 aliphatic rings. The fraction of sp³-hybridized carbons (Fsp3) is 0.647. The summed E-state index contributed by atoms with van der Waals surface area (Å²) < 4.78 is 0. The van der Waals surface area contributed by atoms with E-state index in [0.717, 1.165) is 12.1 Å². The molecular formula is C17H28N2. The fourth-order valence-corrected chi connectivity index (χ4v) is 2.12. The number of aryl methyl sites for hydroxylation is 1. The van der Waals surface area contributed by atoms with Crippen LogP contribution in [0.2, 0.25) is 0 Å². The lowest BCUT2D eigenvalue weighted by Gasteiger charge is -2.00. The average molecular weight is 260 g/mol. The molecule has 2 nitrogen and oxygen atoms in total. The molecule has 0 bridgehead atoms. The fourth-order valence-electron chi connectivity index (χ4n) is 2.12. The third-order valence-electron chi connectivity index (χ3n) is 3.31. The van der Waals surface area contributed by atoms with Crippen molar-refractivity contribution in [3.05, 3.63) is 36.4 Å². The van der Waals surface area contributed by atoms with E-state index in [1.165, 1.54) is 57.8 Å². The molecule has 1 heterocycles. The summed E-state index contributed by atoms with van der Waals surface area (Å²) in [6.45, 7) is 2.24. The van der Waals surface area contributed by atoms with Gasteiger partial charge in [0.25, 0.3) is 0 Å². The van der Waals surface area contributed by atoms with Gasteiger partial charge in [-0.1, -0.05) is 51.2 Å². The van der Waals surface area contributed by atoms with Gasteiger partial charge >= 0.3 is 0 Å². The Balaban J connectivity index is 1.85. The van der Waals surface area contributed by atoms with Gasteiger partial charge in [0, 0.05) is 18.6 Å². The predicted octanol–water partition coefficient (Wildman–Crippen LogP) is 5.11. The SMILES string of the molecule is CCCC/C=C/CCCCCCCc1cnccn1. The zero-order valence-corrected chi connectivity index (χ0v) is 12.4. The maximum Gasteiger partial charge on any atom is 0.0586 e. The lowest BCUT2D eigenvalue weighted by atomic mass is 10.1. The molecule has 19 heavy (non-hydrogen) atoms. The zero-order chi connectivity index (χ0) is 13.6. The molecule has 0 aliphatic carbocycles. The van der Waals surface area contributed by atoms with Gasteiger partial charge in [-0.2, -0.15) is 0 Å². The summed E-state index contributed by atoms with van der Waals surface area (Å²) in [5, 5.41) is 0. The van der Waals surface area contributed by atoms with Crippen LogP contribution in [0.4, 0.5) is 0 Å². The van der Waals surface area contributed by atoms with Crippen LogP contribution in [-0.2, 0) is 6.42 Å². The van der Waals surface area contributed by atoms with Gasteiger partial charge in [0.2, 0.25) is 0 Å². The van der Waals surface area contributed by atoms with E-state index in [1.807, 2.05) is 6.20 Å². The number of allylic oxidation sites excluding steroid dienone is 2. The van der Waals surface area contributed by atoms with Crippen LogP contribution < -0.4 is 0 Å². The third kappa shape index (κ3) is 9.40. The molecule has 1 aromatic rings. The van der Waals surface area contributed by atoms with Crippen molar-refractivity contribution in [1.82, 2.24) is 9.97 Å². The van der Waals surface area contributed by atoms with Gasteiger partial charge in [-0.25, -0.2) is 0 Å². The van der Waals surface area contributed by atoms with Crippen molar-refractivity contribution in [2.45, 2.75) is 71.1 Å². The van der Waals surface area contributed by atoms with Crippen LogP contribution in [0, 0.1) is 0 Å². The average Bonchev–Trinajstić information content (AvgIpc) is 2.46. The summed E-state index contributed by atoms with van der Waals surface area (Å²) in [5.41, 5.74) is 1.13. The Morgan fingerprint density at radius 3 is 2.37 bits per heavy atom. The number of nitrogens with zero attached hydrogens (tertiary/aromatic N) is 2. The summed E-state index contributed by atoms with van der Waals surface area (Å²) in [4.78, 5) is 8.37. The Bertz CT molecular complexity index is 319. The molecule has 106 valence electrons. The standard InChI is InChI=1S/C17H28N2/c1-2-3-4-5-6-7-8-9-10-11-12-13-17-16-18-14-15-19-17/h5-6,14-16H,2-4,7-13H2,1H3/b6-5+. The molecule has 0 spiro atoms. The Hall–Kier alpha value is -1.18. The van der Waals surface area contributed by atoms with E-state index in [2.05, 4.69) is 29.0 Å². The summed E-state index contributed by atoms with van der Waals surface area (Å²) in [7, 11) is 0. The van der Waals surface area contributed by atoms with Gasteiger partial charge < -0.3 is 0 Å². The lowest BCUT2D eigenvalue weighted by molar-refractivity contribution is 0.613. The second-order valence-electron chi connectivity index (χ2n) is 5.12. The summed E-state index contributed by atoms with van der Waals surface area (Å²) in [5.74, 6) is 0. The van der Waals surface area contributed by atoms with Crippen LogP contribution in [-0.4, -0.2) is 9.97 Å². The van der Waals surface area contributed by atoms with Gasteiger partial charge in [0.15, 0.2) is 0 Å². The Kier molecular flexibility index (Phi) is 9.93. The van der Waals surface area contributed by atoms with Crippen molar-refractivity contribution in [1.29, 1.82) is 0 Å². The van der Waals surface area contributed by atoms with E-state index in [9.17, 15) is 0 Å². The van der Waals surface area contributed by atoms with E-state index in [1.54, 1.807) is 12.4 Å². The van der Waals surface area contributed by atoms with Crippen LogP contribution in [0.5, 0.6) is 0 Å². The lowest BCUT2D eigenvalue weighted by Crippen LogP contribution is -1.90. The molecule has 0 atom stereocenters. The van der Waals surface area contributed by atoms with Gasteiger partial charge in [0.05, 0.1) is 5.69 Å². The largest absolute Gasteiger partial charge is 0.261 e. The molecule has 0 radical (unpaired) electrons. The minimum atomic E-state index is 1.07. The first-order chi connectivity index (χ1) is 9.43. The Morgan fingerprint density at radius 1 is 0.895 bits per heavy atom. The van der Waals surface area contributed by atoms with Crippen LogP contribution in [0.1, 0.15) is 70.4 Å². The van der Waals surface area contributed by atoms with Gasteiger partial charge in [0.1, 0.15) is 0 Å². The molecule has 0 aromatic carbocycles. The second-order valence-corrected chi connectivity index (χ2v) is 5.12. The van der Waals surface area contributed by atoms with Crippen LogP contribution in [0.25, 0.3) is 0 Å². The van der Waals surface area contributed by atoms with E-state index in [-0.39, 0.29) is 0 Å². The molecule has 0 amide bonds. The second kappa shape index (κ2) is 11.9. The van der Waals surface area contributed by atoms with Gasteiger partial charge in [-0.3, -0.25) is 9.97 Å². The Morgan fingerprint density at radius 2 is 1.63 bits per heavy atom. The van der Waals surface area contributed by atoms with E-state index in [4.69, 9.17) is 0 Å². The molecular weight excluding hydrogens is 232 g/mol. The molecule has 0 saturated heterocycles. The monoisotopic (exact) mass is 260 g/mol. The zero-order valence-electron chi connectivity index (χ0n) is 12.4. The van der Waals surface area contributed by atoms with E-state index < -0.39 is 0 Å². The molecule has 2 heteroatoms. The first-order valence-corrected chi connectivity index (χ1v) is 7.83. The van der Waals surface area contributed by atoms with Gasteiger partial charge in [-0.15, -0.1) is 0 Å². The summed E-state index contributed by atoms with van der Waals surface area (Å²) >= 11 is 0. The molecule has 0 fully saturated rings. The van der Waals surface area contributed by atoms with Crippen LogP contribution in [0.3, 0.4) is 0 Å². The van der Waals surface area contributed by atoms with Crippen molar-refractivity contribution in [3.63, 3.8) is 0 Å². The number of rotatable bonds is 11. The highest BCUT2D eigenvalue weighted by Crippen LogP contribution is 2.08. The first kappa shape index (κ1) is 15.9. The van der Waals surface area contributed by atoms with Crippen molar-refractivity contribution < 1.29 is 0 Å². The number of hydrogen-bond acceptors (Lipinski definition) is 2. The van der Waals surface area contributed by atoms with Crippen LogP contribution >= 0.6 is 0 Å². The topological polar surface area (TPSA) is 25.8 Å². The van der Waals surface area contributed by atoms with Crippen molar-refractivity contribution >= 4 is 0 Å². The van der Waals surface area contributed by atoms with Crippen LogP contribution in [0.15, 0.2) is 30.7 Å². The van der Waals surface area contributed by atoms with Gasteiger partial charge in [-0.05, 0) is 32.1 Å². The quantitative estimate of drug-likeness (QED) is 0.408. The number of aromatic nitrogens is 2. The normalized spacial score (nSPS) is 11.2. The third-order valence-corrected chi connectivity index (χ3v) is 3.31. The molecule has 0 unspecified atom stereocenters. The molecule has 0 aliphatic heterocycles. The maximum atomic E-state index is 4.29. The van der Waals surface area contributed by atoms with Crippen molar-refractivity contribution in [2.24, 2.45) is 0 Å². The molecule has 1 aromatic heterocycles. The summed E-state index contributed by atoms with van der Waals surface area (Å²) in [6, 6.07) is 0. The molecule has 0 N–H and O–H groups in total. The first-order valence-electron chi connectivity index (χ1n) is 7.83. The van der Waals surface area contributed by atoms with E-state index in [0.29, 0.717) is 0 Å². The smallest absolute Gasteiger partial charge is 0.0586 e. The van der Waals surface area contributed by atoms with Crippen molar-refractivity contribution in [3.8, 4) is 0 Å². The highest BCUT2D eigenvalue weighted by Gasteiger charge is 1.94. The maximum absolute atomic E-state index is 4.29. The minimum Gasteiger partial charge on any atom is -0.261 e. The van der Waals surface area contributed by atoms with Crippen molar-refractivity contribution in [2.75, 3.05) is 0 Å². The number of unbranched alkanes of at least 4 members (excludes halogenated alkanes) is 7. The highest BCUT2D eigenvalue weighted by molar-refractivity contribution is 4.94. The molecule has 0 saturated carbocycles. The summed E-state index contributed by atoms with van der Waals surface area (Å²) in [6.07, 6.45) is 22.9. The predicted molar refractivity (Wildman–Crippen MR) is 82.1 cm³/mol. The molecule has 1 rings (SSSR count).